The van der Waals surface area contributed by atoms with Crippen molar-refractivity contribution >= 4 is 17.5 Å². The van der Waals surface area contributed by atoms with Crippen LogP contribution in [0.3, 0.4) is 0 Å². The van der Waals surface area contributed by atoms with Crippen molar-refractivity contribution in [3.05, 3.63) is 76.9 Å². The van der Waals surface area contributed by atoms with Crippen molar-refractivity contribution in [1.29, 1.82) is 0 Å². The predicted octanol–water partition coefficient (Wildman–Crippen LogP) is 4.84. The fourth-order valence-corrected chi connectivity index (χ4v) is 2.64. The van der Waals surface area contributed by atoms with Crippen LogP contribution in [0.4, 0.5) is 4.39 Å². The van der Waals surface area contributed by atoms with Gasteiger partial charge in [-0.2, -0.15) is 0 Å². The lowest BCUT2D eigenvalue weighted by atomic mass is 9.90. The highest BCUT2D eigenvalue weighted by Gasteiger charge is 2.26. The molecule has 0 saturated heterocycles. The molecule has 1 heterocycles. The maximum absolute atomic E-state index is 14.0. The van der Waals surface area contributed by atoms with E-state index in [-0.39, 0.29) is 17.1 Å². The Balaban J connectivity index is 1.72. The molecule has 1 N–H and O–H groups in total. The summed E-state index contributed by atoms with van der Waals surface area (Å²) in [4.78, 5) is 16.8. The van der Waals surface area contributed by atoms with E-state index in [1.165, 1.54) is 18.2 Å². The highest BCUT2D eigenvalue weighted by Crippen LogP contribution is 2.26. The van der Waals surface area contributed by atoms with Crippen LogP contribution in [-0.4, -0.2) is 17.4 Å². The zero-order chi connectivity index (χ0) is 18.7. The van der Waals surface area contributed by atoms with Gasteiger partial charge >= 0.3 is 0 Å². The van der Waals surface area contributed by atoms with E-state index in [0.717, 1.165) is 5.56 Å². The van der Waals surface area contributed by atoms with Crippen molar-refractivity contribution in [2.45, 2.75) is 19.3 Å². The number of nitrogens with one attached hydrogen (secondary N) is 1. The molecule has 6 heteroatoms. The smallest absolute Gasteiger partial charge is 0.254 e. The summed E-state index contributed by atoms with van der Waals surface area (Å²) in [6.45, 7) is 4.11. The zero-order valence-corrected chi connectivity index (χ0v) is 15.2. The summed E-state index contributed by atoms with van der Waals surface area (Å²) in [5.74, 6) is -0.733. The normalized spacial score (nSPS) is 11.4. The van der Waals surface area contributed by atoms with Crippen molar-refractivity contribution < 1.29 is 13.6 Å². The van der Waals surface area contributed by atoms with Gasteiger partial charge in [-0.1, -0.05) is 49.7 Å². The Hall–Kier alpha value is -2.66. The van der Waals surface area contributed by atoms with E-state index >= 15 is 0 Å². The summed E-state index contributed by atoms with van der Waals surface area (Å²) in [5.41, 5.74) is 0.988. The average Bonchev–Trinajstić information content (AvgIpc) is 3.14. The van der Waals surface area contributed by atoms with Gasteiger partial charge in [-0.25, -0.2) is 9.37 Å². The van der Waals surface area contributed by atoms with Crippen LogP contribution in [0, 0.1) is 5.82 Å². The Morgan fingerprint density at radius 2 is 1.92 bits per heavy atom. The Labute approximate surface area is 156 Å². The van der Waals surface area contributed by atoms with Crippen molar-refractivity contribution in [3.8, 4) is 11.5 Å². The molecular weight excluding hydrogens is 355 g/mol. The molecule has 0 bridgehead atoms. The molecule has 0 saturated carbocycles. The van der Waals surface area contributed by atoms with Gasteiger partial charge in [0.2, 0.25) is 5.89 Å². The van der Waals surface area contributed by atoms with Crippen LogP contribution >= 0.6 is 11.6 Å². The lowest BCUT2D eigenvalue weighted by Gasteiger charge is -2.22. The molecule has 0 radical (unpaired) electrons. The SMILES string of the molecule is CC(C)(CNC(=O)c1cccc(Cl)c1F)c1coc(-c2ccccc2)n1. The third kappa shape index (κ3) is 3.78. The third-order valence-electron chi connectivity index (χ3n) is 4.11. The van der Waals surface area contributed by atoms with E-state index in [2.05, 4.69) is 10.3 Å². The fraction of sp³-hybridized carbons (Fsp3) is 0.200. The summed E-state index contributed by atoms with van der Waals surface area (Å²) < 4.78 is 19.5. The number of oxazole rings is 1. The van der Waals surface area contributed by atoms with E-state index in [0.29, 0.717) is 11.6 Å². The molecule has 1 amide bonds. The van der Waals surface area contributed by atoms with Gasteiger partial charge in [-0.05, 0) is 24.3 Å². The predicted molar refractivity (Wildman–Crippen MR) is 98.7 cm³/mol. The van der Waals surface area contributed by atoms with Crippen molar-refractivity contribution in [2.24, 2.45) is 0 Å². The van der Waals surface area contributed by atoms with Crippen molar-refractivity contribution in [1.82, 2.24) is 10.3 Å². The number of aromatic nitrogens is 1. The summed E-state index contributed by atoms with van der Waals surface area (Å²) in [7, 11) is 0. The molecule has 1 aromatic heterocycles. The molecule has 0 atom stereocenters. The molecule has 2 aromatic carbocycles. The standard InChI is InChI=1S/C20H18ClFN2O2/c1-20(2,12-23-18(25)14-9-6-10-15(21)17(14)22)16-11-26-19(24-16)13-7-4-3-5-8-13/h3-11H,12H2,1-2H3,(H,23,25). The number of benzene rings is 2. The number of nitrogens with zero attached hydrogens (tertiary/aromatic N) is 1. The monoisotopic (exact) mass is 372 g/mol. The second-order valence-electron chi connectivity index (χ2n) is 6.57. The van der Waals surface area contributed by atoms with Crippen LogP contribution in [0.5, 0.6) is 0 Å². The van der Waals surface area contributed by atoms with Crippen LogP contribution in [-0.2, 0) is 5.41 Å². The first-order valence-electron chi connectivity index (χ1n) is 8.12. The molecule has 0 aliphatic carbocycles. The molecule has 134 valence electrons. The molecular formula is C20H18ClFN2O2. The molecule has 0 spiro atoms. The van der Waals surface area contributed by atoms with Crippen LogP contribution in [0.25, 0.3) is 11.5 Å². The second-order valence-corrected chi connectivity index (χ2v) is 6.98. The van der Waals surface area contributed by atoms with Crippen LogP contribution in [0.1, 0.15) is 29.9 Å². The van der Waals surface area contributed by atoms with Crippen molar-refractivity contribution in [2.75, 3.05) is 6.54 Å². The van der Waals surface area contributed by atoms with Gasteiger partial charge in [-0.15, -0.1) is 0 Å². The van der Waals surface area contributed by atoms with Gasteiger partial charge in [-0.3, -0.25) is 4.79 Å². The lowest BCUT2D eigenvalue weighted by Crippen LogP contribution is -2.37. The largest absolute Gasteiger partial charge is 0.444 e. The van der Waals surface area contributed by atoms with Crippen LogP contribution < -0.4 is 5.32 Å². The van der Waals surface area contributed by atoms with E-state index in [9.17, 15) is 9.18 Å². The fourth-order valence-electron chi connectivity index (χ4n) is 2.46. The number of halogens is 2. The molecule has 0 aliphatic heterocycles. The van der Waals surface area contributed by atoms with Gasteiger partial charge in [0.25, 0.3) is 5.91 Å². The molecule has 3 rings (SSSR count). The minimum Gasteiger partial charge on any atom is -0.444 e. The highest BCUT2D eigenvalue weighted by molar-refractivity contribution is 6.31. The first-order valence-corrected chi connectivity index (χ1v) is 8.50. The summed E-state index contributed by atoms with van der Waals surface area (Å²) in [6.07, 6.45) is 1.58. The van der Waals surface area contributed by atoms with E-state index in [4.69, 9.17) is 16.0 Å². The van der Waals surface area contributed by atoms with Gasteiger partial charge in [0, 0.05) is 17.5 Å². The summed E-state index contributed by atoms with van der Waals surface area (Å²) in [5, 5.41) is 2.65. The van der Waals surface area contributed by atoms with Crippen LogP contribution in [0.15, 0.2) is 59.2 Å². The average molecular weight is 373 g/mol. The topological polar surface area (TPSA) is 55.1 Å². The maximum Gasteiger partial charge on any atom is 0.254 e. The molecule has 26 heavy (non-hydrogen) atoms. The summed E-state index contributed by atoms with van der Waals surface area (Å²) >= 11 is 5.73. The van der Waals surface area contributed by atoms with Crippen molar-refractivity contribution in [3.63, 3.8) is 0 Å². The lowest BCUT2D eigenvalue weighted by molar-refractivity contribution is 0.0941. The Morgan fingerprint density at radius 3 is 2.65 bits per heavy atom. The van der Waals surface area contributed by atoms with Crippen LogP contribution in [0.2, 0.25) is 5.02 Å². The molecule has 4 nitrogen and oxygen atoms in total. The van der Waals surface area contributed by atoms with Gasteiger partial charge in [0.05, 0.1) is 16.3 Å². The van der Waals surface area contributed by atoms with Gasteiger partial charge < -0.3 is 9.73 Å². The number of hydrogen-bond acceptors (Lipinski definition) is 3. The zero-order valence-electron chi connectivity index (χ0n) is 14.4. The molecule has 0 unspecified atom stereocenters. The summed E-state index contributed by atoms with van der Waals surface area (Å²) in [6, 6.07) is 13.9. The molecule has 0 aliphatic rings. The maximum atomic E-state index is 14.0. The Bertz CT molecular complexity index is 923. The van der Waals surface area contributed by atoms with E-state index in [1.807, 2.05) is 44.2 Å². The first-order chi connectivity index (χ1) is 12.4. The Morgan fingerprint density at radius 1 is 1.19 bits per heavy atom. The Kier molecular flexibility index (Phi) is 5.09. The third-order valence-corrected chi connectivity index (χ3v) is 4.40. The first kappa shape index (κ1) is 18.1. The number of carbonyl (C=O) groups is 1. The van der Waals surface area contributed by atoms with Gasteiger partial charge in [0.1, 0.15) is 6.26 Å². The number of rotatable bonds is 5. The second kappa shape index (κ2) is 7.30. The molecule has 0 fully saturated rings. The van der Waals surface area contributed by atoms with E-state index < -0.39 is 17.1 Å². The number of hydrogen-bond donors (Lipinski definition) is 1. The van der Waals surface area contributed by atoms with Gasteiger partial charge in [0.15, 0.2) is 5.82 Å². The number of carbonyl (C=O) groups excluding carboxylic acids is 1. The molecule has 3 aromatic rings. The quantitative estimate of drug-likeness (QED) is 0.697. The highest BCUT2D eigenvalue weighted by atomic mass is 35.5. The van der Waals surface area contributed by atoms with E-state index in [1.54, 1.807) is 6.26 Å². The minimum atomic E-state index is -0.725. The minimum absolute atomic E-state index is 0.0825. The number of amides is 1.